The van der Waals surface area contributed by atoms with Crippen molar-refractivity contribution in [2.24, 2.45) is 0 Å². The fraction of sp³-hybridized carbons (Fsp3) is 0.821. The summed E-state index contributed by atoms with van der Waals surface area (Å²) in [6.07, 6.45) is 64.2. The Labute approximate surface area is 385 Å². The van der Waals surface area contributed by atoms with Gasteiger partial charge in [-0.3, -0.25) is 9.59 Å². The minimum atomic E-state index is -0.846. The van der Waals surface area contributed by atoms with Gasteiger partial charge in [0.2, 0.25) is 5.91 Å². The highest BCUT2D eigenvalue weighted by Gasteiger charge is 2.18. The third-order valence-corrected chi connectivity index (χ3v) is 12.1. The molecule has 0 heterocycles. The predicted molar refractivity (Wildman–Crippen MR) is 269 cm³/mol. The van der Waals surface area contributed by atoms with E-state index in [9.17, 15) is 19.8 Å². The number of ether oxygens (including phenoxy) is 1. The highest BCUT2D eigenvalue weighted by Crippen LogP contribution is 2.15. The van der Waals surface area contributed by atoms with Gasteiger partial charge in [-0.15, -0.1) is 0 Å². The van der Waals surface area contributed by atoms with Crippen LogP contribution in [-0.2, 0) is 14.3 Å². The average molecular weight is 870 g/mol. The first-order valence-electron chi connectivity index (χ1n) is 26.9. The number of hydrogen-bond donors (Lipinski definition) is 3. The summed E-state index contributed by atoms with van der Waals surface area (Å²) in [5.74, 6) is -0.0815. The van der Waals surface area contributed by atoms with Crippen LogP contribution >= 0.6 is 0 Å². The summed E-state index contributed by atoms with van der Waals surface area (Å²) < 4.78 is 5.45. The van der Waals surface area contributed by atoms with E-state index < -0.39 is 12.1 Å². The lowest BCUT2D eigenvalue weighted by molar-refractivity contribution is -0.143. The molecule has 0 spiro atoms. The Bertz CT molecular complexity index is 1050. The zero-order valence-electron chi connectivity index (χ0n) is 41.1. The van der Waals surface area contributed by atoms with Gasteiger partial charge in [0, 0.05) is 12.8 Å². The third kappa shape index (κ3) is 47.3. The van der Waals surface area contributed by atoms with E-state index in [0.717, 1.165) is 51.4 Å². The van der Waals surface area contributed by atoms with Gasteiger partial charge in [0.25, 0.3) is 0 Å². The number of nitrogens with one attached hydrogen (secondary N) is 1. The molecule has 362 valence electrons. The van der Waals surface area contributed by atoms with Crippen molar-refractivity contribution < 1.29 is 24.5 Å². The Morgan fingerprint density at radius 2 is 0.823 bits per heavy atom. The molecule has 3 N–H and O–H groups in total. The van der Waals surface area contributed by atoms with E-state index in [-0.39, 0.29) is 18.5 Å². The Hall–Kier alpha value is -2.18. The second-order valence-electron chi connectivity index (χ2n) is 18.2. The largest absolute Gasteiger partial charge is 0.466 e. The summed E-state index contributed by atoms with van der Waals surface area (Å²) >= 11 is 0. The first kappa shape index (κ1) is 59.8. The molecule has 0 rings (SSSR count). The second kappa shape index (κ2) is 51.5. The molecule has 0 aliphatic rings. The minimum Gasteiger partial charge on any atom is -0.466 e. The van der Waals surface area contributed by atoms with Crippen LogP contribution in [0, 0.1) is 0 Å². The molecule has 2 atom stereocenters. The summed E-state index contributed by atoms with van der Waals surface area (Å²) in [6.45, 7) is 4.82. The van der Waals surface area contributed by atoms with Gasteiger partial charge in [0.1, 0.15) is 0 Å². The molecule has 62 heavy (non-hydrogen) atoms. The highest BCUT2D eigenvalue weighted by molar-refractivity contribution is 5.76. The molecular weight excluding hydrogens is 767 g/mol. The van der Waals surface area contributed by atoms with Crippen molar-refractivity contribution in [3.63, 3.8) is 0 Å². The molecule has 0 bridgehead atoms. The molecule has 0 radical (unpaired) electrons. The number of amides is 1. The van der Waals surface area contributed by atoms with Crippen molar-refractivity contribution in [1.82, 2.24) is 5.32 Å². The number of carbonyl (C=O) groups is 2. The molecule has 0 aliphatic heterocycles. The van der Waals surface area contributed by atoms with E-state index in [2.05, 4.69) is 55.6 Å². The lowest BCUT2D eigenvalue weighted by atomic mass is 10.0. The van der Waals surface area contributed by atoms with Crippen LogP contribution in [0.3, 0.4) is 0 Å². The van der Waals surface area contributed by atoms with Crippen LogP contribution in [-0.4, -0.2) is 47.4 Å². The third-order valence-electron chi connectivity index (χ3n) is 12.1. The molecule has 6 nitrogen and oxygen atoms in total. The predicted octanol–water partition coefficient (Wildman–Crippen LogP) is 16.2. The number of aliphatic hydroxyl groups is 2. The van der Waals surface area contributed by atoms with Gasteiger partial charge in [-0.25, -0.2) is 0 Å². The maximum atomic E-state index is 12.4. The summed E-state index contributed by atoms with van der Waals surface area (Å²) in [5.41, 5.74) is 0. The number of carbonyl (C=O) groups excluding carboxylic acids is 2. The Balaban J connectivity index is 3.44. The van der Waals surface area contributed by atoms with Gasteiger partial charge in [-0.1, -0.05) is 223 Å². The molecular formula is C56H103NO5. The fourth-order valence-corrected chi connectivity index (χ4v) is 7.88. The Morgan fingerprint density at radius 3 is 1.29 bits per heavy atom. The maximum absolute atomic E-state index is 12.4. The molecule has 2 unspecified atom stereocenters. The van der Waals surface area contributed by atoms with E-state index in [1.807, 2.05) is 6.08 Å². The van der Waals surface area contributed by atoms with E-state index in [1.165, 1.54) is 193 Å². The van der Waals surface area contributed by atoms with Crippen LogP contribution in [0.25, 0.3) is 0 Å². The quantitative estimate of drug-likeness (QED) is 0.0322. The molecule has 0 aromatic rings. The summed E-state index contributed by atoms with van der Waals surface area (Å²) in [7, 11) is 0. The summed E-state index contributed by atoms with van der Waals surface area (Å²) in [4.78, 5) is 24.3. The summed E-state index contributed by atoms with van der Waals surface area (Å²) in [6, 6.07) is -0.631. The molecule has 6 heteroatoms. The smallest absolute Gasteiger partial charge is 0.305 e. The van der Waals surface area contributed by atoms with E-state index >= 15 is 0 Å². The lowest BCUT2D eigenvalue weighted by Crippen LogP contribution is -2.45. The topological polar surface area (TPSA) is 95.9 Å². The van der Waals surface area contributed by atoms with Gasteiger partial charge in [0.05, 0.1) is 25.4 Å². The second-order valence-corrected chi connectivity index (χ2v) is 18.2. The number of esters is 1. The number of rotatable bonds is 49. The molecule has 1 amide bonds. The van der Waals surface area contributed by atoms with Crippen LogP contribution in [0.4, 0.5) is 0 Å². The Morgan fingerprint density at radius 1 is 0.452 bits per heavy atom. The standard InChI is InChI=1S/C56H103NO5/c1-3-5-7-9-11-13-29-34-38-42-46-50-56(61)62-51-47-43-39-35-31-28-26-24-22-20-18-16-14-15-17-19-21-23-25-27-30-33-37-41-45-49-55(60)57-53(52-58)54(59)48-44-40-36-32-12-10-8-6-4-2/h9,11,15-18,44,48,53-54,58-59H,3-8,10,12-14,19-43,45-47,49-52H2,1-2H3,(H,57,60)/b11-9-,17-15-,18-16-,48-44+. The molecule has 0 aromatic carbocycles. The highest BCUT2D eigenvalue weighted by atomic mass is 16.5. The number of allylic oxidation sites excluding steroid dienone is 7. The monoisotopic (exact) mass is 870 g/mol. The molecule has 0 fully saturated rings. The van der Waals surface area contributed by atoms with Crippen LogP contribution in [0.15, 0.2) is 48.6 Å². The van der Waals surface area contributed by atoms with Gasteiger partial charge in [-0.2, -0.15) is 0 Å². The first-order valence-corrected chi connectivity index (χ1v) is 26.9. The van der Waals surface area contributed by atoms with E-state index in [0.29, 0.717) is 19.4 Å². The van der Waals surface area contributed by atoms with Crippen LogP contribution in [0.1, 0.15) is 271 Å². The van der Waals surface area contributed by atoms with Crippen molar-refractivity contribution in [2.75, 3.05) is 13.2 Å². The molecule has 0 saturated heterocycles. The average Bonchev–Trinajstić information content (AvgIpc) is 3.27. The van der Waals surface area contributed by atoms with Gasteiger partial charge in [-0.05, 0) is 83.5 Å². The van der Waals surface area contributed by atoms with Crippen molar-refractivity contribution >= 4 is 11.9 Å². The maximum Gasteiger partial charge on any atom is 0.305 e. The SMILES string of the molecule is CCCC/C=C\CCCCCCCC(=O)OCCCCCCCCCCC/C=C\C/C=C\CCCCCCCCCCCC(=O)NC(CO)C(O)/C=C/CCCCCCCCC. The zero-order valence-corrected chi connectivity index (χ0v) is 41.1. The van der Waals surface area contributed by atoms with Gasteiger partial charge >= 0.3 is 5.97 Å². The van der Waals surface area contributed by atoms with E-state index in [1.54, 1.807) is 6.08 Å². The normalized spacial score (nSPS) is 13.0. The molecule has 0 aromatic heterocycles. The van der Waals surface area contributed by atoms with E-state index in [4.69, 9.17) is 4.74 Å². The van der Waals surface area contributed by atoms with Crippen LogP contribution in [0.2, 0.25) is 0 Å². The van der Waals surface area contributed by atoms with Gasteiger partial charge in [0.15, 0.2) is 0 Å². The number of unbranched alkanes of at least 4 members (excludes halogenated alkanes) is 32. The fourth-order valence-electron chi connectivity index (χ4n) is 7.88. The zero-order chi connectivity index (χ0) is 45.1. The first-order chi connectivity index (χ1) is 30.5. The molecule has 0 saturated carbocycles. The van der Waals surface area contributed by atoms with Crippen LogP contribution in [0.5, 0.6) is 0 Å². The van der Waals surface area contributed by atoms with Crippen molar-refractivity contribution in [1.29, 1.82) is 0 Å². The van der Waals surface area contributed by atoms with Crippen LogP contribution < -0.4 is 5.32 Å². The van der Waals surface area contributed by atoms with Crippen molar-refractivity contribution in [2.45, 2.75) is 283 Å². The lowest BCUT2D eigenvalue weighted by Gasteiger charge is -2.20. The Kier molecular flexibility index (Phi) is 49.6. The number of hydrogen-bond acceptors (Lipinski definition) is 5. The summed E-state index contributed by atoms with van der Waals surface area (Å²) in [5, 5.41) is 22.9. The molecule has 0 aliphatic carbocycles. The van der Waals surface area contributed by atoms with Gasteiger partial charge < -0.3 is 20.3 Å². The minimum absolute atomic E-state index is 0.00360. The number of aliphatic hydroxyl groups excluding tert-OH is 2. The van der Waals surface area contributed by atoms with Crippen molar-refractivity contribution in [3.8, 4) is 0 Å². The van der Waals surface area contributed by atoms with Crippen molar-refractivity contribution in [3.05, 3.63) is 48.6 Å².